The maximum Gasteiger partial charge on any atom is 0.254 e. The van der Waals surface area contributed by atoms with Crippen molar-refractivity contribution in [3.63, 3.8) is 0 Å². The molecule has 0 radical (unpaired) electrons. The average Bonchev–Trinajstić information content (AvgIpc) is 3.43. The molecule has 2 atom stereocenters. The van der Waals surface area contributed by atoms with E-state index < -0.39 is 0 Å². The highest BCUT2D eigenvalue weighted by atomic mass is 19.1. The summed E-state index contributed by atoms with van der Waals surface area (Å²) in [6.07, 6.45) is 2.14. The second-order valence-electron chi connectivity index (χ2n) is 14.1. The average molecular weight is 661 g/mol. The van der Waals surface area contributed by atoms with E-state index in [9.17, 15) is 4.79 Å². The minimum Gasteiger partial charge on any atom is -0.497 e. The number of anilines is 2. The number of methoxy groups -OCH3 is 1. The quantitative estimate of drug-likeness (QED) is 0.218. The van der Waals surface area contributed by atoms with Gasteiger partial charge < -0.3 is 24.2 Å². The lowest BCUT2D eigenvalue weighted by molar-refractivity contribution is 0.0816. The van der Waals surface area contributed by atoms with Crippen LogP contribution in [0.25, 0.3) is 0 Å². The van der Waals surface area contributed by atoms with E-state index in [2.05, 4.69) is 63.2 Å². The van der Waals surface area contributed by atoms with Crippen molar-refractivity contribution in [1.29, 1.82) is 0 Å². The fraction of sp³-hybridized carbons (Fsp3) is 0.390. The Morgan fingerprint density at radius 2 is 1.63 bits per heavy atom. The van der Waals surface area contributed by atoms with Crippen LogP contribution in [0.2, 0.25) is 0 Å². The van der Waals surface area contributed by atoms with Crippen LogP contribution < -0.4 is 19.3 Å². The maximum atomic E-state index is 16.0. The number of piperazine rings is 1. The fourth-order valence-electron chi connectivity index (χ4n) is 8.45. The van der Waals surface area contributed by atoms with Gasteiger partial charge in [0.1, 0.15) is 17.3 Å². The van der Waals surface area contributed by atoms with Crippen molar-refractivity contribution < 1.29 is 18.7 Å². The Labute approximate surface area is 288 Å². The molecule has 49 heavy (non-hydrogen) atoms. The SMILES string of the molecule is COc1ccc2c(c1)OCC(c1ccccc1)C2c1ccc(N2CCC(CN3CCN(c4ccc5c(c4)CN(C)C5=O)CC3)CC2)c(F)c1. The normalized spacial score (nSPS) is 21.4. The smallest absolute Gasteiger partial charge is 0.254 e. The summed E-state index contributed by atoms with van der Waals surface area (Å²) in [5, 5.41) is 0. The largest absolute Gasteiger partial charge is 0.497 e. The molecule has 1 amide bonds. The van der Waals surface area contributed by atoms with Gasteiger partial charge in [0, 0.05) is 94.1 Å². The predicted octanol–water partition coefficient (Wildman–Crippen LogP) is 6.77. The molecular formula is C41H45FN4O3. The van der Waals surface area contributed by atoms with Gasteiger partial charge in [0.2, 0.25) is 0 Å². The number of hydrogen-bond donors (Lipinski definition) is 0. The van der Waals surface area contributed by atoms with Gasteiger partial charge in [-0.2, -0.15) is 0 Å². The van der Waals surface area contributed by atoms with E-state index in [1.165, 1.54) is 11.3 Å². The third-order valence-corrected chi connectivity index (χ3v) is 11.2. The molecule has 4 aromatic rings. The topological polar surface area (TPSA) is 48.5 Å². The third-order valence-electron chi connectivity index (χ3n) is 11.2. The highest BCUT2D eigenvalue weighted by Crippen LogP contribution is 2.47. The molecule has 8 rings (SSSR count). The zero-order valence-electron chi connectivity index (χ0n) is 28.5. The summed E-state index contributed by atoms with van der Waals surface area (Å²) < 4.78 is 27.8. The van der Waals surface area contributed by atoms with E-state index in [0.29, 0.717) is 24.8 Å². The Kier molecular flexibility index (Phi) is 8.66. The summed E-state index contributed by atoms with van der Waals surface area (Å²) >= 11 is 0. The molecule has 8 heteroatoms. The minimum absolute atomic E-state index is 0.0274. The first-order chi connectivity index (χ1) is 23.9. The number of nitrogens with zero attached hydrogens (tertiary/aromatic N) is 4. The highest BCUT2D eigenvalue weighted by molar-refractivity contribution is 5.98. The van der Waals surface area contributed by atoms with Crippen LogP contribution in [0.4, 0.5) is 15.8 Å². The standard InChI is InChI=1S/C41H45FN4O3/c1-43-26-31-22-32(9-11-34(31)41(43)47)45-20-18-44(19-21-45)25-28-14-16-46(17-15-28)38-13-8-30(23-37(38)42)40-35-12-10-33(48-2)24-39(35)49-27-36(40)29-6-4-3-5-7-29/h3-13,22-24,28,36,40H,14-21,25-27H2,1-2H3. The van der Waals surface area contributed by atoms with Crippen LogP contribution in [0.5, 0.6) is 11.5 Å². The van der Waals surface area contributed by atoms with Gasteiger partial charge in [0.15, 0.2) is 0 Å². The molecule has 2 saturated heterocycles. The molecule has 254 valence electrons. The lowest BCUT2D eigenvalue weighted by atomic mass is 9.76. The van der Waals surface area contributed by atoms with Gasteiger partial charge in [-0.25, -0.2) is 4.39 Å². The number of piperidine rings is 1. The molecule has 2 fully saturated rings. The molecule has 2 unspecified atom stereocenters. The Hall–Kier alpha value is -4.56. The maximum absolute atomic E-state index is 16.0. The monoisotopic (exact) mass is 660 g/mol. The zero-order chi connectivity index (χ0) is 33.5. The van der Waals surface area contributed by atoms with Crippen molar-refractivity contribution in [3.05, 3.63) is 119 Å². The van der Waals surface area contributed by atoms with Crippen LogP contribution in [0.15, 0.2) is 84.9 Å². The first-order valence-corrected chi connectivity index (χ1v) is 17.7. The first-order valence-electron chi connectivity index (χ1n) is 17.7. The summed E-state index contributed by atoms with van der Waals surface area (Å²) in [6, 6.07) is 28.6. The molecule has 4 aliphatic rings. The predicted molar refractivity (Wildman–Crippen MR) is 192 cm³/mol. The molecule has 4 heterocycles. The van der Waals surface area contributed by atoms with Crippen LogP contribution in [0, 0.1) is 11.7 Å². The Morgan fingerprint density at radius 1 is 0.837 bits per heavy atom. The summed E-state index contributed by atoms with van der Waals surface area (Å²) in [6.45, 7) is 8.13. The molecular weight excluding hydrogens is 615 g/mol. The third kappa shape index (κ3) is 6.23. The van der Waals surface area contributed by atoms with E-state index in [1.807, 2.05) is 37.4 Å². The van der Waals surface area contributed by atoms with Crippen LogP contribution in [0.3, 0.4) is 0 Å². The van der Waals surface area contributed by atoms with Crippen LogP contribution >= 0.6 is 0 Å². The molecule has 0 aromatic heterocycles. The van der Waals surface area contributed by atoms with E-state index in [-0.39, 0.29) is 23.6 Å². The van der Waals surface area contributed by atoms with Crippen molar-refractivity contribution in [2.75, 3.05) is 76.4 Å². The lowest BCUT2D eigenvalue weighted by Crippen LogP contribution is -2.49. The molecule has 0 aliphatic carbocycles. The van der Waals surface area contributed by atoms with Gasteiger partial charge in [0.05, 0.1) is 19.4 Å². The Morgan fingerprint density at radius 3 is 2.39 bits per heavy atom. The van der Waals surface area contributed by atoms with Crippen LogP contribution in [-0.4, -0.2) is 82.3 Å². The summed E-state index contributed by atoms with van der Waals surface area (Å²) in [4.78, 5) is 21.4. The first kappa shape index (κ1) is 31.7. The van der Waals surface area contributed by atoms with Gasteiger partial charge >= 0.3 is 0 Å². The van der Waals surface area contributed by atoms with Gasteiger partial charge in [-0.3, -0.25) is 9.69 Å². The van der Waals surface area contributed by atoms with Crippen molar-refractivity contribution in [2.45, 2.75) is 31.2 Å². The number of benzene rings is 4. The fourth-order valence-corrected chi connectivity index (χ4v) is 8.45. The number of rotatable bonds is 7. The number of carbonyl (C=O) groups excluding carboxylic acids is 1. The van der Waals surface area contributed by atoms with Crippen LogP contribution in [0.1, 0.15) is 57.3 Å². The number of carbonyl (C=O) groups is 1. The summed E-state index contributed by atoms with van der Waals surface area (Å²) in [7, 11) is 3.53. The van der Waals surface area contributed by atoms with E-state index in [0.717, 1.165) is 92.4 Å². The second-order valence-corrected chi connectivity index (χ2v) is 14.1. The Bertz CT molecular complexity index is 1820. The van der Waals surface area contributed by atoms with Crippen molar-refractivity contribution >= 4 is 17.3 Å². The number of halogens is 1. The summed E-state index contributed by atoms with van der Waals surface area (Å²) in [5.74, 6) is 2.20. The molecule has 0 saturated carbocycles. The number of fused-ring (bicyclic) bond motifs is 2. The van der Waals surface area contributed by atoms with Crippen molar-refractivity contribution in [1.82, 2.24) is 9.80 Å². The molecule has 0 spiro atoms. The molecule has 4 aromatic carbocycles. The van der Waals surface area contributed by atoms with Crippen molar-refractivity contribution in [3.8, 4) is 11.5 Å². The number of hydrogen-bond acceptors (Lipinski definition) is 6. The molecule has 7 nitrogen and oxygen atoms in total. The van der Waals surface area contributed by atoms with Gasteiger partial charge in [-0.15, -0.1) is 0 Å². The lowest BCUT2D eigenvalue weighted by Gasteiger charge is -2.40. The van der Waals surface area contributed by atoms with Crippen molar-refractivity contribution in [2.24, 2.45) is 5.92 Å². The van der Waals surface area contributed by atoms with E-state index in [4.69, 9.17) is 9.47 Å². The minimum atomic E-state index is -0.150. The highest BCUT2D eigenvalue weighted by Gasteiger charge is 2.35. The van der Waals surface area contributed by atoms with Crippen LogP contribution in [-0.2, 0) is 6.54 Å². The second kappa shape index (κ2) is 13.4. The van der Waals surface area contributed by atoms with Gasteiger partial charge in [-0.1, -0.05) is 42.5 Å². The Balaban J connectivity index is 0.897. The number of amides is 1. The molecule has 0 N–H and O–H groups in total. The van der Waals surface area contributed by atoms with E-state index >= 15 is 4.39 Å². The summed E-state index contributed by atoms with van der Waals surface area (Å²) in [5.41, 5.74) is 7.13. The number of ether oxygens (including phenoxy) is 2. The van der Waals surface area contributed by atoms with Gasteiger partial charge in [0.25, 0.3) is 5.91 Å². The molecule has 4 aliphatic heterocycles. The van der Waals surface area contributed by atoms with E-state index in [1.54, 1.807) is 18.1 Å². The molecule has 0 bridgehead atoms. The van der Waals surface area contributed by atoms with Gasteiger partial charge in [-0.05, 0) is 71.8 Å². The zero-order valence-corrected chi connectivity index (χ0v) is 28.5.